The highest BCUT2D eigenvalue weighted by atomic mass is 16.6. The Kier molecular flexibility index (Phi) is 13.9. The number of urea groups is 1. The fraction of sp³-hybridized carbons (Fsp3) is 0.593. The number of unbranched alkanes of at least 4 members (excludes halogenated alkanes) is 1. The maximum Gasteiger partial charge on any atom is 0.407 e. The largest absolute Gasteiger partial charge is 0.497 e. The monoisotopic (exact) mass is 535 g/mol. The van der Waals surface area contributed by atoms with Crippen molar-refractivity contribution in [3.63, 3.8) is 0 Å². The van der Waals surface area contributed by atoms with Crippen LogP contribution in [0.5, 0.6) is 5.75 Å². The Balaban J connectivity index is 2.73. The standard InChI is InChI=1S/C27H41N3O8/c1-18(31)10-15-22(19(2)32)29-25(34)30-23(9-7-8-16-28-26(35)38-27(3,4)5)24(33)37-17-20-11-13-21(36-6)14-12-20/h11-14,22-23H,7-10,15-17H2,1-6H3,(H,28,35)(H2,29,30,34)/t22-,23-/m1/s1. The van der Waals surface area contributed by atoms with Crippen molar-refractivity contribution in [2.45, 2.75) is 91.0 Å². The van der Waals surface area contributed by atoms with Crippen LogP contribution in [0, 0.1) is 0 Å². The molecule has 0 fully saturated rings. The van der Waals surface area contributed by atoms with E-state index in [1.165, 1.54) is 13.8 Å². The lowest BCUT2D eigenvalue weighted by molar-refractivity contribution is -0.147. The van der Waals surface area contributed by atoms with Crippen LogP contribution in [0.1, 0.15) is 72.3 Å². The zero-order valence-corrected chi connectivity index (χ0v) is 23.2. The number of hydrogen-bond acceptors (Lipinski definition) is 8. The average molecular weight is 536 g/mol. The molecule has 38 heavy (non-hydrogen) atoms. The van der Waals surface area contributed by atoms with E-state index in [9.17, 15) is 24.0 Å². The molecule has 0 saturated carbocycles. The molecule has 0 aliphatic heterocycles. The van der Waals surface area contributed by atoms with Gasteiger partial charge in [-0.15, -0.1) is 0 Å². The molecule has 0 heterocycles. The van der Waals surface area contributed by atoms with Crippen LogP contribution in [-0.4, -0.2) is 61.0 Å². The molecule has 0 aliphatic carbocycles. The fourth-order valence-electron chi connectivity index (χ4n) is 3.29. The van der Waals surface area contributed by atoms with Gasteiger partial charge in [0.2, 0.25) is 0 Å². The summed E-state index contributed by atoms with van der Waals surface area (Å²) in [7, 11) is 1.55. The molecule has 1 aromatic carbocycles. The normalized spacial score (nSPS) is 12.5. The molecule has 0 bridgehead atoms. The first kappa shape index (κ1) is 32.4. The van der Waals surface area contributed by atoms with Gasteiger partial charge in [0.15, 0.2) is 5.78 Å². The number of ketones is 2. The third kappa shape index (κ3) is 14.2. The second kappa shape index (κ2) is 16.3. The van der Waals surface area contributed by atoms with E-state index in [1.54, 1.807) is 52.1 Å². The van der Waals surface area contributed by atoms with Gasteiger partial charge in [0, 0.05) is 13.0 Å². The molecule has 2 atom stereocenters. The summed E-state index contributed by atoms with van der Waals surface area (Å²) in [6.07, 6.45) is 1.02. The van der Waals surface area contributed by atoms with E-state index in [0.29, 0.717) is 25.1 Å². The van der Waals surface area contributed by atoms with Crippen LogP contribution in [0.4, 0.5) is 9.59 Å². The van der Waals surface area contributed by atoms with E-state index in [4.69, 9.17) is 14.2 Å². The van der Waals surface area contributed by atoms with Gasteiger partial charge in [-0.25, -0.2) is 14.4 Å². The van der Waals surface area contributed by atoms with Crippen molar-refractivity contribution < 1.29 is 38.2 Å². The Bertz CT molecular complexity index is 941. The number of benzene rings is 1. The molecule has 11 heteroatoms. The van der Waals surface area contributed by atoms with Crippen LogP contribution < -0.4 is 20.7 Å². The Morgan fingerprint density at radius 3 is 2.08 bits per heavy atom. The quantitative estimate of drug-likeness (QED) is 0.228. The summed E-state index contributed by atoms with van der Waals surface area (Å²) >= 11 is 0. The maximum absolute atomic E-state index is 12.8. The van der Waals surface area contributed by atoms with Crippen LogP contribution in [0.25, 0.3) is 0 Å². The number of nitrogens with one attached hydrogen (secondary N) is 3. The van der Waals surface area contributed by atoms with Crippen LogP contribution in [0.2, 0.25) is 0 Å². The third-order valence-electron chi connectivity index (χ3n) is 5.30. The number of Topliss-reactive ketones (excluding diaryl/α,β-unsaturated/α-hetero) is 2. The molecule has 3 amide bonds. The van der Waals surface area contributed by atoms with Gasteiger partial charge in [0.05, 0.1) is 13.2 Å². The van der Waals surface area contributed by atoms with Crippen molar-refractivity contribution in [2.24, 2.45) is 0 Å². The Labute approximate surface area is 224 Å². The molecule has 0 spiro atoms. The molecule has 1 rings (SSSR count). The molecular weight excluding hydrogens is 494 g/mol. The lowest BCUT2D eigenvalue weighted by atomic mass is 10.1. The third-order valence-corrected chi connectivity index (χ3v) is 5.30. The zero-order chi connectivity index (χ0) is 28.7. The first-order valence-corrected chi connectivity index (χ1v) is 12.6. The number of alkyl carbamates (subject to hydrolysis) is 1. The van der Waals surface area contributed by atoms with Crippen molar-refractivity contribution in [1.29, 1.82) is 0 Å². The molecular formula is C27H41N3O8. The number of amides is 3. The Morgan fingerprint density at radius 2 is 1.53 bits per heavy atom. The fourth-order valence-corrected chi connectivity index (χ4v) is 3.29. The van der Waals surface area contributed by atoms with Crippen molar-refractivity contribution >= 4 is 29.7 Å². The van der Waals surface area contributed by atoms with Gasteiger partial charge in [-0.1, -0.05) is 12.1 Å². The molecule has 0 aliphatic rings. The van der Waals surface area contributed by atoms with Crippen molar-refractivity contribution in [2.75, 3.05) is 13.7 Å². The van der Waals surface area contributed by atoms with Crippen LogP contribution in [0.3, 0.4) is 0 Å². The topological polar surface area (TPSA) is 149 Å². The predicted molar refractivity (Wildman–Crippen MR) is 141 cm³/mol. The van der Waals surface area contributed by atoms with E-state index >= 15 is 0 Å². The van der Waals surface area contributed by atoms with E-state index in [2.05, 4.69) is 16.0 Å². The lowest BCUT2D eigenvalue weighted by Gasteiger charge is -2.21. The summed E-state index contributed by atoms with van der Waals surface area (Å²) < 4.78 is 15.7. The second-order valence-electron chi connectivity index (χ2n) is 9.95. The van der Waals surface area contributed by atoms with Gasteiger partial charge < -0.3 is 35.0 Å². The highest BCUT2D eigenvalue weighted by molar-refractivity contribution is 5.89. The molecule has 11 nitrogen and oxygen atoms in total. The lowest BCUT2D eigenvalue weighted by Crippen LogP contribution is -2.51. The van der Waals surface area contributed by atoms with E-state index in [-0.39, 0.29) is 37.4 Å². The van der Waals surface area contributed by atoms with Crippen molar-refractivity contribution in [3.05, 3.63) is 29.8 Å². The molecule has 0 aromatic heterocycles. The summed E-state index contributed by atoms with van der Waals surface area (Å²) in [5.41, 5.74) is 0.132. The molecule has 0 saturated heterocycles. The maximum atomic E-state index is 12.8. The van der Waals surface area contributed by atoms with E-state index < -0.39 is 35.8 Å². The van der Waals surface area contributed by atoms with E-state index in [0.717, 1.165) is 5.56 Å². The number of methoxy groups -OCH3 is 1. The number of ether oxygens (including phenoxy) is 3. The number of carbonyl (C=O) groups is 5. The average Bonchev–Trinajstić information content (AvgIpc) is 2.83. The molecule has 1 aromatic rings. The minimum absolute atomic E-state index is 0.00247. The first-order chi connectivity index (χ1) is 17.8. The highest BCUT2D eigenvalue weighted by Gasteiger charge is 2.25. The Hall–Kier alpha value is -3.63. The molecule has 212 valence electrons. The summed E-state index contributed by atoms with van der Waals surface area (Å²) in [6.45, 7) is 8.35. The SMILES string of the molecule is COc1ccc(COC(=O)[C@@H](CCCCNC(=O)OC(C)(C)C)NC(=O)N[C@H](CCC(C)=O)C(C)=O)cc1. The van der Waals surface area contributed by atoms with Gasteiger partial charge in [-0.2, -0.15) is 0 Å². The van der Waals surface area contributed by atoms with Crippen LogP contribution in [0.15, 0.2) is 24.3 Å². The van der Waals surface area contributed by atoms with Crippen LogP contribution in [-0.2, 0) is 30.5 Å². The van der Waals surface area contributed by atoms with Gasteiger partial charge >= 0.3 is 18.1 Å². The molecule has 0 unspecified atom stereocenters. The van der Waals surface area contributed by atoms with Gasteiger partial charge in [-0.3, -0.25) is 4.79 Å². The summed E-state index contributed by atoms with van der Waals surface area (Å²) in [5, 5.41) is 7.76. The Morgan fingerprint density at radius 1 is 0.895 bits per heavy atom. The van der Waals surface area contributed by atoms with E-state index in [1.807, 2.05) is 0 Å². The van der Waals surface area contributed by atoms with Gasteiger partial charge in [-0.05, 0) is 78.0 Å². The van der Waals surface area contributed by atoms with Crippen LogP contribution >= 0.6 is 0 Å². The predicted octanol–water partition coefficient (Wildman–Crippen LogP) is 3.43. The number of rotatable bonds is 15. The second-order valence-corrected chi connectivity index (χ2v) is 9.95. The van der Waals surface area contributed by atoms with Gasteiger partial charge in [0.1, 0.15) is 29.8 Å². The summed E-state index contributed by atoms with van der Waals surface area (Å²) in [4.78, 5) is 60.5. The highest BCUT2D eigenvalue weighted by Crippen LogP contribution is 2.13. The number of carbonyl (C=O) groups excluding carboxylic acids is 5. The summed E-state index contributed by atoms with van der Waals surface area (Å²) in [6, 6.07) is 4.45. The zero-order valence-electron chi connectivity index (χ0n) is 23.2. The number of hydrogen-bond donors (Lipinski definition) is 3. The molecule has 0 radical (unpaired) electrons. The number of esters is 1. The minimum atomic E-state index is -0.991. The molecule has 3 N–H and O–H groups in total. The smallest absolute Gasteiger partial charge is 0.407 e. The van der Waals surface area contributed by atoms with Crippen molar-refractivity contribution in [1.82, 2.24) is 16.0 Å². The first-order valence-electron chi connectivity index (χ1n) is 12.6. The van der Waals surface area contributed by atoms with Gasteiger partial charge in [0.25, 0.3) is 0 Å². The minimum Gasteiger partial charge on any atom is -0.497 e. The van der Waals surface area contributed by atoms with Crippen molar-refractivity contribution in [3.8, 4) is 5.75 Å². The summed E-state index contributed by atoms with van der Waals surface area (Å²) in [5.74, 6) is -0.369.